The highest BCUT2D eigenvalue weighted by Crippen LogP contribution is 2.17. The maximum Gasteiger partial charge on any atom is 0.324 e. The summed E-state index contributed by atoms with van der Waals surface area (Å²) in [5.74, 6) is -0.438. The summed E-state index contributed by atoms with van der Waals surface area (Å²) in [7, 11) is 0. The lowest BCUT2D eigenvalue weighted by Gasteiger charge is -2.15. The zero-order valence-electron chi connectivity index (χ0n) is 9.72. The molecule has 1 aromatic rings. The van der Waals surface area contributed by atoms with Gasteiger partial charge < -0.3 is 20.3 Å². The highest BCUT2D eigenvalue weighted by Gasteiger charge is 2.17. The van der Waals surface area contributed by atoms with E-state index in [4.69, 9.17) is 14.9 Å². The maximum absolute atomic E-state index is 10.9. The lowest BCUT2D eigenvalue weighted by molar-refractivity contribution is -0.140. The summed E-state index contributed by atoms with van der Waals surface area (Å²) >= 11 is 0. The molecule has 1 unspecified atom stereocenters. The summed E-state index contributed by atoms with van der Waals surface area (Å²) in [5, 5.41) is 20.8. The number of likely N-dealkylation sites (N-methyl/N-ethyl adjacent to an activating group) is 1. The molecule has 94 valence electrons. The minimum atomic E-state index is -0.951. The van der Waals surface area contributed by atoms with Crippen LogP contribution in [-0.4, -0.2) is 35.4 Å². The number of aliphatic carboxylic acids is 1. The van der Waals surface area contributed by atoms with Crippen molar-refractivity contribution in [1.82, 2.24) is 5.32 Å². The molecule has 0 radical (unpaired) electrons. The van der Waals surface area contributed by atoms with E-state index in [0.29, 0.717) is 17.9 Å². The van der Waals surface area contributed by atoms with Gasteiger partial charge in [-0.15, -0.1) is 0 Å². The molecule has 0 spiro atoms. The second-order valence-electron chi connectivity index (χ2n) is 3.53. The van der Waals surface area contributed by atoms with Gasteiger partial charge in [-0.1, -0.05) is 25.1 Å². The highest BCUT2D eigenvalue weighted by atomic mass is 16.5. The van der Waals surface area contributed by atoms with Crippen molar-refractivity contribution in [3.8, 4) is 5.75 Å². The van der Waals surface area contributed by atoms with Crippen molar-refractivity contribution >= 4 is 5.97 Å². The van der Waals surface area contributed by atoms with Crippen LogP contribution in [0.3, 0.4) is 0 Å². The number of nitrogens with one attached hydrogen (secondary N) is 1. The van der Waals surface area contributed by atoms with E-state index in [2.05, 4.69) is 5.32 Å². The molecule has 0 aliphatic heterocycles. The first-order valence-corrected chi connectivity index (χ1v) is 5.46. The lowest BCUT2D eigenvalue weighted by Crippen LogP contribution is -2.41. The molecule has 3 N–H and O–H groups in total. The van der Waals surface area contributed by atoms with Crippen LogP contribution in [-0.2, 0) is 11.4 Å². The maximum atomic E-state index is 10.9. The quantitative estimate of drug-likeness (QED) is 0.650. The van der Waals surface area contributed by atoms with Crippen molar-refractivity contribution in [2.24, 2.45) is 0 Å². The number of benzene rings is 1. The molecule has 17 heavy (non-hydrogen) atoms. The SMILES string of the molecule is CCNC(COc1ccccc1CO)C(=O)O. The van der Waals surface area contributed by atoms with Gasteiger partial charge in [-0.05, 0) is 12.6 Å². The Balaban J connectivity index is 2.61. The van der Waals surface area contributed by atoms with Crippen molar-refractivity contribution in [1.29, 1.82) is 0 Å². The normalized spacial score (nSPS) is 12.1. The Morgan fingerprint density at radius 1 is 1.47 bits per heavy atom. The van der Waals surface area contributed by atoms with Gasteiger partial charge in [0.1, 0.15) is 18.4 Å². The summed E-state index contributed by atoms with van der Waals surface area (Å²) in [6, 6.07) is 6.26. The Bertz CT molecular complexity index is 367. The summed E-state index contributed by atoms with van der Waals surface area (Å²) < 4.78 is 5.40. The first kappa shape index (κ1) is 13.5. The summed E-state index contributed by atoms with van der Waals surface area (Å²) in [5.41, 5.74) is 0.646. The third kappa shape index (κ3) is 4.05. The summed E-state index contributed by atoms with van der Waals surface area (Å²) in [6.45, 7) is 2.29. The van der Waals surface area contributed by atoms with E-state index < -0.39 is 12.0 Å². The number of carbonyl (C=O) groups is 1. The molecule has 0 bridgehead atoms. The molecule has 5 nitrogen and oxygen atoms in total. The number of hydrogen-bond acceptors (Lipinski definition) is 4. The molecule has 0 aromatic heterocycles. The number of aliphatic hydroxyl groups is 1. The number of hydrogen-bond donors (Lipinski definition) is 3. The van der Waals surface area contributed by atoms with E-state index in [1.807, 2.05) is 6.92 Å². The fourth-order valence-electron chi connectivity index (χ4n) is 1.41. The van der Waals surface area contributed by atoms with Crippen LogP contribution in [0.15, 0.2) is 24.3 Å². The van der Waals surface area contributed by atoms with Gasteiger partial charge in [-0.2, -0.15) is 0 Å². The van der Waals surface area contributed by atoms with Gasteiger partial charge in [0.05, 0.1) is 6.61 Å². The Kier molecular flexibility index (Phi) is 5.45. The molecule has 0 fully saturated rings. The molecule has 1 aromatic carbocycles. The minimum absolute atomic E-state index is 0.0280. The number of carboxylic acid groups (broad SMARTS) is 1. The Labute approximate surface area is 100 Å². The summed E-state index contributed by atoms with van der Waals surface area (Å²) in [4.78, 5) is 10.9. The van der Waals surface area contributed by atoms with Crippen molar-refractivity contribution in [2.45, 2.75) is 19.6 Å². The largest absolute Gasteiger partial charge is 0.491 e. The van der Waals surface area contributed by atoms with Crippen LogP contribution in [0.2, 0.25) is 0 Å². The molecule has 1 rings (SSSR count). The highest BCUT2D eigenvalue weighted by molar-refractivity contribution is 5.73. The minimum Gasteiger partial charge on any atom is -0.491 e. The Morgan fingerprint density at radius 3 is 2.76 bits per heavy atom. The number of rotatable bonds is 7. The van der Waals surface area contributed by atoms with Crippen LogP contribution in [0.5, 0.6) is 5.75 Å². The van der Waals surface area contributed by atoms with Crippen molar-refractivity contribution in [3.05, 3.63) is 29.8 Å². The van der Waals surface area contributed by atoms with Gasteiger partial charge in [-0.25, -0.2) is 0 Å². The zero-order chi connectivity index (χ0) is 12.7. The van der Waals surface area contributed by atoms with Crippen LogP contribution >= 0.6 is 0 Å². The first-order valence-electron chi connectivity index (χ1n) is 5.46. The lowest BCUT2D eigenvalue weighted by atomic mass is 10.2. The van der Waals surface area contributed by atoms with E-state index in [9.17, 15) is 4.79 Å². The standard InChI is InChI=1S/C12H17NO4/c1-2-13-10(12(15)16)8-17-11-6-4-3-5-9(11)7-14/h3-6,10,13-14H,2,7-8H2,1H3,(H,15,16). The van der Waals surface area contributed by atoms with E-state index in [1.54, 1.807) is 24.3 Å². The predicted molar refractivity (Wildman–Crippen MR) is 63.0 cm³/mol. The molecule has 0 heterocycles. The number of ether oxygens (including phenoxy) is 1. The molecule has 0 amide bonds. The van der Waals surface area contributed by atoms with E-state index in [0.717, 1.165) is 0 Å². The van der Waals surface area contributed by atoms with Crippen LogP contribution in [0.4, 0.5) is 0 Å². The van der Waals surface area contributed by atoms with Crippen molar-refractivity contribution in [3.63, 3.8) is 0 Å². The second kappa shape index (κ2) is 6.88. The van der Waals surface area contributed by atoms with Gasteiger partial charge in [0.25, 0.3) is 0 Å². The molecular weight excluding hydrogens is 222 g/mol. The molecule has 0 saturated carbocycles. The molecular formula is C12H17NO4. The zero-order valence-corrected chi connectivity index (χ0v) is 9.72. The average molecular weight is 239 g/mol. The third-order valence-electron chi connectivity index (χ3n) is 2.30. The molecule has 1 atom stereocenters. The summed E-state index contributed by atoms with van der Waals surface area (Å²) in [6.07, 6.45) is 0. The van der Waals surface area contributed by atoms with Crippen molar-refractivity contribution in [2.75, 3.05) is 13.2 Å². The van der Waals surface area contributed by atoms with Crippen LogP contribution in [0.1, 0.15) is 12.5 Å². The van der Waals surface area contributed by atoms with E-state index >= 15 is 0 Å². The smallest absolute Gasteiger partial charge is 0.324 e. The molecule has 5 heteroatoms. The van der Waals surface area contributed by atoms with Crippen LogP contribution < -0.4 is 10.1 Å². The van der Waals surface area contributed by atoms with Crippen LogP contribution in [0.25, 0.3) is 0 Å². The van der Waals surface area contributed by atoms with Crippen molar-refractivity contribution < 1.29 is 19.7 Å². The van der Waals surface area contributed by atoms with E-state index in [-0.39, 0.29) is 13.2 Å². The number of aliphatic hydroxyl groups excluding tert-OH is 1. The average Bonchev–Trinajstić information content (AvgIpc) is 2.34. The Morgan fingerprint density at radius 2 is 2.18 bits per heavy atom. The number of para-hydroxylation sites is 1. The topological polar surface area (TPSA) is 78.8 Å². The molecule has 0 saturated heterocycles. The van der Waals surface area contributed by atoms with Gasteiger partial charge in [0.2, 0.25) is 0 Å². The Hall–Kier alpha value is -1.59. The third-order valence-corrected chi connectivity index (χ3v) is 2.30. The van der Waals surface area contributed by atoms with Crippen LogP contribution in [0, 0.1) is 0 Å². The van der Waals surface area contributed by atoms with Gasteiger partial charge >= 0.3 is 5.97 Å². The predicted octanol–water partition coefficient (Wildman–Crippen LogP) is 0.620. The monoisotopic (exact) mass is 239 g/mol. The van der Waals surface area contributed by atoms with E-state index in [1.165, 1.54) is 0 Å². The first-order chi connectivity index (χ1) is 8.19. The number of carboxylic acids is 1. The fourth-order valence-corrected chi connectivity index (χ4v) is 1.41. The fraction of sp³-hybridized carbons (Fsp3) is 0.417. The molecule has 0 aliphatic rings. The van der Waals surface area contributed by atoms with Gasteiger partial charge in [0.15, 0.2) is 0 Å². The second-order valence-corrected chi connectivity index (χ2v) is 3.53. The van der Waals surface area contributed by atoms with Gasteiger partial charge in [0, 0.05) is 5.56 Å². The van der Waals surface area contributed by atoms with Gasteiger partial charge in [-0.3, -0.25) is 4.79 Å². The molecule has 0 aliphatic carbocycles.